The number of nitrogens with zero attached hydrogens (tertiary/aromatic N) is 5. The summed E-state index contributed by atoms with van der Waals surface area (Å²) in [4.78, 5) is 19.5. The zero-order chi connectivity index (χ0) is 20.1. The number of benzene rings is 1. The fourth-order valence-electron chi connectivity index (χ4n) is 2.66. The van der Waals surface area contributed by atoms with Crippen LogP contribution >= 0.6 is 23.2 Å². The molecule has 0 saturated heterocycles. The van der Waals surface area contributed by atoms with Crippen molar-refractivity contribution in [2.75, 3.05) is 24.3 Å². The van der Waals surface area contributed by atoms with E-state index in [4.69, 9.17) is 23.2 Å². The molecule has 0 spiro atoms. The molecule has 2 aromatic heterocycles. The summed E-state index contributed by atoms with van der Waals surface area (Å²) < 4.78 is 0. The average Bonchev–Trinajstić information content (AvgIpc) is 2.68. The first-order chi connectivity index (χ1) is 13.5. The van der Waals surface area contributed by atoms with Crippen molar-refractivity contribution < 1.29 is 0 Å². The molecule has 0 amide bonds. The lowest BCUT2D eigenvalue weighted by Crippen LogP contribution is -2.34. The third kappa shape index (κ3) is 4.97. The van der Waals surface area contributed by atoms with E-state index < -0.39 is 0 Å². The fraction of sp³-hybridized carbons (Fsp3) is 0.200. The van der Waals surface area contributed by atoms with Crippen LogP contribution in [0.25, 0.3) is 0 Å². The molecule has 0 aliphatic rings. The molecule has 0 fully saturated rings. The van der Waals surface area contributed by atoms with E-state index in [1.807, 2.05) is 44.4 Å². The highest BCUT2D eigenvalue weighted by molar-refractivity contribution is 6.42. The zero-order valence-corrected chi connectivity index (χ0v) is 17.3. The Hall–Kier alpha value is -2.70. The van der Waals surface area contributed by atoms with E-state index in [1.54, 1.807) is 30.3 Å². The van der Waals surface area contributed by atoms with Crippen molar-refractivity contribution in [3.63, 3.8) is 0 Å². The molecule has 3 aromatic rings. The Morgan fingerprint density at radius 2 is 1.96 bits per heavy atom. The molecule has 28 heavy (non-hydrogen) atoms. The molecule has 0 saturated carbocycles. The number of rotatable bonds is 4. The van der Waals surface area contributed by atoms with Crippen molar-refractivity contribution in [3.8, 4) is 0 Å². The summed E-state index contributed by atoms with van der Waals surface area (Å²) >= 11 is 12.1. The van der Waals surface area contributed by atoms with Gasteiger partial charge in [-0.05, 0) is 42.8 Å². The minimum atomic E-state index is 0.468. The van der Waals surface area contributed by atoms with E-state index in [2.05, 4.69) is 25.3 Å². The van der Waals surface area contributed by atoms with Crippen LogP contribution in [0.5, 0.6) is 0 Å². The maximum absolute atomic E-state index is 6.10. The smallest absolute Gasteiger partial charge is 0.232 e. The standard InChI is InChI=1S/C20H20Cl2N6/c1-13-9-16(10-14-5-4-8-24-12-14)27-20(25-13)28(3)19(23-2)26-15-6-7-17(21)18(22)11-15/h4-9,11-12H,10H2,1-3H3,(H,23,26). The lowest BCUT2D eigenvalue weighted by Gasteiger charge is -2.21. The van der Waals surface area contributed by atoms with Gasteiger partial charge in [-0.1, -0.05) is 29.3 Å². The van der Waals surface area contributed by atoms with E-state index >= 15 is 0 Å². The molecule has 0 aliphatic heterocycles. The summed E-state index contributed by atoms with van der Waals surface area (Å²) in [6.07, 6.45) is 4.27. The molecule has 8 heteroatoms. The Kier molecular flexibility index (Phi) is 6.44. The first kappa shape index (κ1) is 20.0. The number of hydrogen-bond donors (Lipinski definition) is 1. The Bertz CT molecular complexity index is 991. The highest BCUT2D eigenvalue weighted by Crippen LogP contribution is 2.25. The minimum Gasteiger partial charge on any atom is -0.326 e. The van der Waals surface area contributed by atoms with Gasteiger partial charge in [0, 0.05) is 44.3 Å². The van der Waals surface area contributed by atoms with Crippen molar-refractivity contribution in [3.05, 3.63) is 75.8 Å². The first-order valence-electron chi connectivity index (χ1n) is 8.62. The lowest BCUT2D eigenvalue weighted by molar-refractivity contribution is 0.960. The van der Waals surface area contributed by atoms with Gasteiger partial charge in [0.05, 0.1) is 15.7 Å². The van der Waals surface area contributed by atoms with Gasteiger partial charge in [-0.25, -0.2) is 9.97 Å². The van der Waals surface area contributed by atoms with E-state index in [-0.39, 0.29) is 0 Å². The van der Waals surface area contributed by atoms with Gasteiger partial charge in [-0.3, -0.25) is 14.9 Å². The second-order valence-corrected chi connectivity index (χ2v) is 7.01. The number of aromatic nitrogens is 3. The van der Waals surface area contributed by atoms with Gasteiger partial charge in [0.15, 0.2) is 0 Å². The molecular weight excluding hydrogens is 395 g/mol. The maximum Gasteiger partial charge on any atom is 0.232 e. The van der Waals surface area contributed by atoms with Gasteiger partial charge in [-0.15, -0.1) is 0 Å². The predicted octanol–water partition coefficient (Wildman–Crippen LogP) is 4.61. The molecule has 0 aliphatic carbocycles. The van der Waals surface area contributed by atoms with Gasteiger partial charge >= 0.3 is 0 Å². The van der Waals surface area contributed by atoms with Crippen molar-refractivity contribution in [1.82, 2.24) is 15.0 Å². The van der Waals surface area contributed by atoms with Crippen molar-refractivity contribution in [2.24, 2.45) is 4.99 Å². The third-order valence-electron chi connectivity index (χ3n) is 4.01. The Morgan fingerprint density at radius 3 is 2.64 bits per heavy atom. The fourth-order valence-corrected chi connectivity index (χ4v) is 2.95. The van der Waals surface area contributed by atoms with Crippen LogP contribution in [-0.2, 0) is 6.42 Å². The SMILES string of the molecule is C/N=C(/Nc1ccc(Cl)c(Cl)c1)N(C)c1nc(C)cc(Cc2cccnc2)n1. The molecule has 0 atom stereocenters. The Labute approximate surface area is 174 Å². The largest absolute Gasteiger partial charge is 0.326 e. The van der Waals surface area contributed by atoms with Crippen molar-refractivity contribution in [1.29, 1.82) is 0 Å². The number of halogens is 2. The lowest BCUT2D eigenvalue weighted by atomic mass is 10.1. The molecule has 0 radical (unpaired) electrons. The Morgan fingerprint density at radius 1 is 1.14 bits per heavy atom. The number of hydrogen-bond acceptors (Lipinski definition) is 4. The van der Waals surface area contributed by atoms with Crippen LogP contribution < -0.4 is 10.2 Å². The molecule has 1 aromatic carbocycles. The van der Waals surface area contributed by atoms with Gasteiger partial charge in [0.1, 0.15) is 0 Å². The second-order valence-electron chi connectivity index (χ2n) is 6.20. The molecule has 3 rings (SSSR count). The van der Waals surface area contributed by atoms with E-state index in [0.29, 0.717) is 28.4 Å². The highest BCUT2D eigenvalue weighted by atomic mass is 35.5. The first-order valence-corrected chi connectivity index (χ1v) is 9.38. The maximum atomic E-state index is 6.10. The van der Waals surface area contributed by atoms with Crippen LogP contribution in [0.2, 0.25) is 10.0 Å². The predicted molar refractivity (Wildman–Crippen MR) is 116 cm³/mol. The van der Waals surface area contributed by atoms with Crippen LogP contribution in [0.15, 0.2) is 53.8 Å². The topological polar surface area (TPSA) is 66.3 Å². The molecule has 0 unspecified atom stereocenters. The van der Waals surface area contributed by atoms with Gasteiger partial charge in [-0.2, -0.15) is 0 Å². The summed E-state index contributed by atoms with van der Waals surface area (Å²) in [5.74, 6) is 1.13. The minimum absolute atomic E-state index is 0.468. The summed E-state index contributed by atoms with van der Waals surface area (Å²) in [7, 11) is 3.55. The van der Waals surface area contributed by atoms with Gasteiger partial charge in [0.25, 0.3) is 0 Å². The van der Waals surface area contributed by atoms with Gasteiger partial charge in [0.2, 0.25) is 11.9 Å². The Balaban J connectivity index is 1.83. The number of anilines is 2. The highest BCUT2D eigenvalue weighted by Gasteiger charge is 2.14. The van der Waals surface area contributed by atoms with Crippen LogP contribution in [0.3, 0.4) is 0 Å². The van der Waals surface area contributed by atoms with Crippen LogP contribution in [0.4, 0.5) is 11.6 Å². The number of aryl methyl sites for hydroxylation is 1. The summed E-state index contributed by atoms with van der Waals surface area (Å²) in [5, 5.41) is 4.19. The average molecular weight is 415 g/mol. The number of aliphatic imine (C=N–C) groups is 1. The molecule has 1 N–H and O–H groups in total. The molecule has 144 valence electrons. The summed E-state index contributed by atoms with van der Waals surface area (Å²) in [6.45, 7) is 1.95. The van der Waals surface area contributed by atoms with Crippen molar-refractivity contribution >= 4 is 40.8 Å². The van der Waals surface area contributed by atoms with E-state index in [0.717, 1.165) is 22.6 Å². The van der Waals surface area contributed by atoms with E-state index in [1.165, 1.54) is 0 Å². The molecule has 0 bridgehead atoms. The third-order valence-corrected chi connectivity index (χ3v) is 4.75. The quantitative estimate of drug-likeness (QED) is 0.498. The number of nitrogens with one attached hydrogen (secondary N) is 1. The molecule has 2 heterocycles. The zero-order valence-electron chi connectivity index (χ0n) is 15.8. The van der Waals surface area contributed by atoms with E-state index in [9.17, 15) is 0 Å². The monoisotopic (exact) mass is 414 g/mol. The number of guanidine groups is 1. The second kappa shape index (κ2) is 8.99. The van der Waals surface area contributed by atoms with Crippen LogP contribution in [-0.4, -0.2) is 35.0 Å². The van der Waals surface area contributed by atoms with Crippen LogP contribution in [0.1, 0.15) is 17.0 Å². The van der Waals surface area contributed by atoms with Crippen molar-refractivity contribution in [2.45, 2.75) is 13.3 Å². The normalized spacial score (nSPS) is 11.4. The molecular formula is C20H20Cl2N6. The summed E-state index contributed by atoms with van der Waals surface area (Å²) in [6, 6.07) is 11.2. The summed E-state index contributed by atoms with van der Waals surface area (Å²) in [5.41, 5.74) is 3.64. The molecule has 6 nitrogen and oxygen atoms in total. The van der Waals surface area contributed by atoms with Crippen LogP contribution in [0, 0.1) is 6.92 Å². The van der Waals surface area contributed by atoms with Gasteiger partial charge < -0.3 is 5.32 Å². The number of pyridine rings is 1.